The monoisotopic (exact) mass is 204 g/mol. The standard InChI is InChI=1S/C13H16O2/c1-9-8-15-11-6-4-5-10(12(9)11)7-13(2,3)14/h4-6,8,14H,7H2,1-3H3. The van der Waals surface area contributed by atoms with Crippen molar-refractivity contribution in [1.82, 2.24) is 0 Å². The molecule has 0 aliphatic carbocycles. The van der Waals surface area contributed by atoms with Crippen LogP contribution in [0.15, 0.2) is 28.9 Å². The molecule has 80 valence electrons. The van der Waals surface area contributed by atoms with E-state index in [1.807, 2.05) is 39.0 Å². The van der Waals surface area contributed by atoms with Crippen LogP contribution in [0.5, 0.6) is 0 Å². The van der Waals surface area contributed by atoms with Crippen LogP contribution in [-0.4, -0.2) is 10.7 Å². The molecule has 0 atom stereocenters. The predicted octanol–water partition coefficient (Wildman–Crippen LogP) is 3.05. The first-order valence-corrected chi connectivity index (χ1v) is 5.15. The van der Waals surface area contributed by atoms with Crippen LogP contribution in [0.25, 0.3) is 11.0 Å². The minimum atomic E-state index is -0.683. The van der Waals surface area contributed by atoms with Gasteiger partial charge in [-0.25, -0.2) is 0 Å². The second kappa shape index (κ2) is 3.38. The van der Waals surface area contributed by atoms with Crippen molar-refractivity contribution < 1.29 is 9.52 Å². The highest BCUT2D eigenvalue weighted by Crippen LogP contribution is 2.26. The summed E-state index contributed by atoms with van der Waals surface area (Å²) in [6.45, 7) is 5.67. The van der Waals surface area contributed by atoms with Gasteiger partial charge in [-0.1, -0.05) is 12.1 Å². The zero-order valence-corrected chi connectivity index (χ0v) is 9.37. The number of furan rings is 1. The summed E-state index contributed by atoms with van der Waals surface area (Å²) >= 11 is 0. The van der Waals surface area contributed by atoms with Crippen molar-refractivity contribution in [3.63, 3.8) is 0 Å². The Bertz CT molecular complexity index is 475. The van der Waals surface area contributed by atoms with Crippen LogP contribution in [-0.2, 0) is 6.42 Å². The summed E-state index contributed by atoms with van der Waals surface area (Å²) in [5.41, 5.74) is 2.49. The molecule has 1 aromatic carbocycles. The molecular weight excluding hydrogens is 188 g/mol. The molecular formula is C13H16O2. The van der Waals surface area contributed by atoms with E-state index in [2.05, 4.69) is 0 Å². The van der Waals surface area contributed by atoms with Crippen molar-refractivity contribution >= 4 is 11.0 Å². The molecule has 15 heavy (non-hydrogen) atoms. The topological polar surface area (TPSA) is 33.4 Å². The summed E-state index contributed by atoms with van der Waals surface area (Å²) < 4.78 is 5.42. The summed E-state index contributed by atoms with van der Waals surface area (Å²) in [6, 6.07) is 5.96. The minimum absolute atomic E-state index is 0.644. The largest absolute Gasteiger partial charge is 0.464 e. The maximum Gasteiger partial charge on any atom is 0.134 e. The molecule has 2 aromatic rings. The molecule has 2 heteroatoms. The van der Waals surface area contributed by atoms with Gasteiger partial charge in [0.1, 0.15) is 5.58 Å². The average molecular weight is 204 g/mol. The molecule has 2 rings (SSSR count). The summed E-state index contributed by atoms with van der Waals surface area (Å²) in [4.78, 5) is 0. The van der Waals surface area contributed by atoms with E-state index in [0.29, 0.717) is 6.42 Å². The first-order chi connectivity index (χ1) is 6.97. The Balaban J connectivity index is 2.55. The number of aliphatic hydroxyl groups is 1. The maximum absolute atomic E-state index is 9.83. The summed E-state index contributed by atoms with van der Waals surface area (Å²) in [6.07, 6.45) is 2.41. The molecule has 1 N–H and O–H groups in total. The Morgan fingerprint density at radius 3 is 2.73 bits per heavy atom. The number of hydrogen-bond acceptors (Lipinski definition) is 2. The van der Waals surface area contributed by atoms with E-state index >= 15 is 0 Å². The van der Waals surface area contributed by atoms with Gasteiger partial charge in [0.05, 0.1) is 11.9 Å². The van der Waals surface area contributed by atoms with Crippen LogP contribution < -0.4 is 0 Å². The molecule has 0 saturated carbocycles. The number of hydrogen-bond donors (Lipinski definition) is 1. The molecule has 0 aliphatic heterocycles. The second-order valence-electron chi connectivity index (χ2n) is 4.70. The SMILES string of the molecule is Cc1coc2cccc(CC(C)(C)O)c12. The Kier molecular flexibility index (Phi) is 2.31. The van der Waals surface area contributed by atoms with Crippen molar-refractivity contribution in [3.8, 4) is 0 Å². The fraction of sp³-hybridized carbons (Fsp3) is 0.385. The van der Waals surface area contributed by atoms with Crippen LogP contribution in [0, 0.1) is 6.92 Å². The number of rotatable bonds is 2. The fourth-order valence-corrected chi connectivity index (χ4v) is 1.95. The molecule has 2 nitrogen and oxygen atoms in total. The van der Waals surface area contributed by atoms with Gasteiger partial charge in [-0.15, -0.1) is 0 Å². The summed E-state index contributed by atoms with van der Waals surface area (Å²) in [5.74, 6) is 0. The Hall–Kier alpha value is -1.28. The molecule has 0 unspecified atom stereocenters. The van der Waals surface area contributed by atoms with E-state index in [-0.39, 0.29) is 0 Å². The molecule has 0 aliphatic rings. The lowest BCUT2D eigenvalue weighted by atomic mass is 9.95. The Morgan fingerprint density at radius 2 is 2.07 bits per heavy atom. The molecule has 1 heterocycles. The smallest absolute Gasteiger partial charge is 0.134 e. The first-order valence-electron chi connectivity index (χ1n) is 5.15. The first kappa shape index (κ1) is 10.2. The lowest BCUT2D eigenvalue weighted by Gasteiger charge is -2.17. The highest BCUT2D eigenvalue weighted by atomic mass is 16.3. The predicted molar refractivity (Wildman–Crippen MR) is 61.0 cm³/mol. The molecule has 0 amide bonds. The number of aryl methyl sites for hydroxylation is 1. The van der Waals surface area contributed by atoms with Crippen LogP contribution >= 0.6 is 0 Å². The van der Waals surface area contributed by atoms with Crippen LogP contribution in [0.1, 0.15) is 25.0 Å². The maximum atomic E-state index is 9.83. The van der Waals surface area contributed by atoms with Crippen molar-refractivity contribution in [3.05, 3.63) is 35.6 Å². The van der Waals surface area contributed by atoms with Crippen LogP contribution in [0.4, 0.5) is 0 Å². The molecule has 1 aromatic heterocycles. The quantitative estimate of drug-likeness (QED) is 0.815. The van der Waals surface area contributed by atoms with Gasteiger partial charge in [0, 0.05) is 11.8 Å². The molecule has 0 fully saturated rings. The number of benzene rings is 1. The van der Waals surface area contributed by atoms with E-state index < -0.39 is 5.60 Å². The van der Waals surface area contributed by atoms with Crippen molar-refractivity contribution in [2.45, 2.75) is 32.8 Å². The van der Waals surface area contributed by atoms with E-state index in [0.717, 1.165) is 22.1 Å². The zero-order valence-electron chi connectivity index (χ0n) is 9.37. The molecule has 0 spiro atoms. The van der Waals surface area contributed by atoms with E-state index in [1.165, 1.54) is 0 Å². The van der Waals surface area contributed by atoms with Crippen molar-refractivity contribution in [2.24, 2.45) is 0 Å². The Labute approximate surface area is 89.5 Å². The fourth-order valence-electron chi connectivity index (χ4n) is 1.95. The Morgan fingerprint density at radius 1 is 1.33 bits per heavy atom. The van der Waals surface area contributed by atoms with E-state index in [1.54, 1.807) is 6.26 Å². The van der Waals surface area contributed by atoms with Crippen molar-refractivity contribution in [2.75, 3.05) is 0 Å². The van der Waals surface area contributed by atoms with Gasteiger partial charge in [-0.3, -0.25) is 0 Å². The van der Waals surface area contributed by atoms with E-state index in [4.69, 9.17) is 4.42 Å². The lowest BCUT2D eigenvalue weighted by Crippen LogP contribution is -2.21. The molecule has 0 bridgehead atoms. The van der Waals surface area contributed by atoms with Crippen molar-refractivity contribution in [1.29, 1.82) is 0 Å². The summed E-state index contributed by atoms with van der Waals surface area (Å²) in [7, 11) is 0. The van der Waals surface area contributed by atoms with Gasteiger partial charge >= 0.3 is 0 Å². The normalized spacial score (nSPS) is 12.3. The highest BCUT2D eigenvalue weighted by molar-refractivity contribution is 5.84. The van der Waals surface area contributed by atoms with Gasteiger partial charge < -0.3 is 9.52 Å². The highest BCUT2D eigenvalue weighted by Gasteiger charge is 2.16. The summed E-state index contributed by atoms with van der Waals surface area (Å²) in [5, 5.41) is 11.0. The average Bonchev–Trinajstić information content (AvgIpc) is 2.46. The van der Waals surface area contributed by atoms with Gasteiger partial charge in [-0.2, -0.15) is 0 Å². The van der Waals surface area contributed by atoms with Crippen LogP contribution in [0.3, 0.4) is 0 Å². The van der Waals surface area contributed by atoms with Gasteiger partial charge in [0.25, 0.3) is 0 Å². The van der Waals surface area contributed by atoms with Gasteiger partial charge in [0.15, 0.2) is 0 Å². The van der Waals surface area contributed by atoms with Gasteiger partial charge in [0.2, 0.25) is 0 Å². The minimum Gasteiger partial charge on any atom is -0.464 e. The van der Waals surface area contributed by atoms with Gasteiger partial charge in [-0.05, 0) is 38.0 Å². The zero-order chi connectivity index (χ0) is 11.1. The molecule has 0 saturated heterocycles. The third-order valence-corrected chi connectivity index (χ3v) is 2.49. The lowest BCUT2D eigenvalue weighted by molar-refractivity contribution is 0.0813. The number of fused-ring (bicyclic) bond motifs is 1. The third-order valence-electron chi connectivity index (χ3n) is 2.49. The third kappa shape index (κ3) is 2.05. The van der Waals surface area contributed by atoms with Crippen LogP contribution in [0.2, 0.25) is 0 Å². The molecule has 0 radical (unpaired) electrons. The van der Waals surface area contributed by atoms with E-state index in [9.17, 15) is 5.11 Å². The second-order valence-corrected chi connectivity index (χ2v) is 4.70.